The van der Waals surface area contributed by atoms with Crippen LogP contribution in [-0.4, -0.2) is 33.9 Å². The Morgan fingerprint density at radius 2 is 2.18 bits per heavy atom. The van der Waals surface area contributed by atoms with Crippen LogP contribution in [-0.2, 0) is 11.3 Å². The average Bonchev–Trinajstić information content (AvgIpc) is 2.29. The van der Waals surface area contributed by atoms with Gasteiger partial charge in [0.2, 0.25) is 0 Å². The van der Waals surface area contributed by atoms with Crippen LogP contribution < -0.4 is 10.2 Å². The first-order chi connectivity index (χ1) is 8.10. The molecule has 1 aromatic rings. The van der Waals surface area contributed by atoms with E-state index in [1.54, 1.807) is 13.2 Å². The Morgan fingerprint density at radius 3 is 2.71 bits per heavy atom. The minimum atomic E-state index is -0.191. The predicted octanol–water partition coefficient (Wildman–Crippen LogP) is 2.02. The molecule has 0 radical (unpaired) electrons. The molecule has 3 nitrogen and oxygen atoms in total. The fourth-order valence-corrected chi connectivity index (χ4v) is 1.74. The van der Waals surface area contributed by atoms with Gasteiger partial charge in [-0.1, -0.05) is 6.07 Å². The summed E-state index contributed by atoms with van der Waals surface area (Å²) in [5.41, 5.74) is 1.55. The average molecular weight is 240 g/mol. The second-order valence-corrected chi connectivity index (χ2v) is 4.23. The molecule has 96 valence electrons. The molecule has 0 aliphatic carbocycles. The van der Waals surface area contributed by atoms with E-state index in [2.05, 4.69) is 5.32 Å². The predicted molar refractivity (Wildman–Crippen MR) is 68.9 cm³/mol. The largest absolute Gasteiger partial charge is 0.383 e. The summed E-state index contributed by atoms with van der Waals surface area (Å²) in [6.07, 6.45) is 0. The van der Waals surface area contributed by atoms with Gasteiger partial charge in [0.15, 0.2) is 0 Å². The number of likely N-dealkylation sites (N-methyl/N-ethyl adjacent to an activating group) is 1. The van der Waals surface area contributed by atoms with E-state index in [1.807, 2.05) is 38.1 Å². The summed E-state index contributed by atoms with van der Waals surface area (Å²) in [5, 5.41) is 3.00. The van der Waals surface area contributed by atoms with Crippen LogP contribution in [0.25, 0.3) is 0 Å². The lowest BCUT2D eigenvalue weighted by Crippen LogP contribution is -2.33. The standard InChI is InChI=1S/C13H21FN2O/c1-10(9-17-4)16(3)13-6-5-11(8-15-2)7-12(13)14/h5-7,10,15H,8-9H2,1-4H3. The zero-order chi connectivity index (χ0) is 12.8. The minimum Gasteiger partial charge on any atom is -0.383 e. The normalized spacial score (nSPS) is 12.5. The molecule has 0 saturated heterocycles. The number of methoxy groups -OCH3 is 1. The van der Waals surface area contributed by atoms with E-state index >= 15 is 0 Å². The van der Waals surface area contributed by atoms with Gasteiger partial charge in [0.25, 0.3) is 0 Å². The lowest BCUT2D eigenvalue weighted by Gasteiger charge is -2.27. The minimum absolute atomic E-state index is 0.143. The van der Waals surface area contributed by atoms with Gasteiger partial charge < -0.3 is 15.0 Å². The number of anilines is 1. The Kier molecular flexibility index (Phi) is 5.38. The van der Waals surface area contributed by atoms with Crippen molar-refractivity contribution in [3.63, 3.8) is 0 Å². The second-order valence-electron chi connectivity index (χ2n) is 4.23. The maximum atomic E-state index is 13.9. The van der Waals surface area contributed by atoms with Crippen molar-refractivity contribution in [2.45, 2.75) is 19.5 Å². The van der Waals surface area contributed by atoms with Gasteiger partial charge in [0.05, 0.1) is 12.3 Å². The number of halogens is 1. The summed E-state index contributed by atoms with van der Waals surface area (Å²) in [6.45, 7) is 3.26. The fourth-order valence-electron chi connectivity index (χ4n) is 1.74. The highest BCUT2D eigenvalue weighted by molar-refractivity contribution is 5.49. The Bertz CT molecular complexity index is 357. The van der Waals surface area contributed by atoms with Crippen molar-refractivity contribution in [1.29, 1.82) is 0 Å². The van der Waals surface area contributed by atoms with Gasteiger partial charge in [-0.25, -0.2) is 4.39 Å². The first-order valence-electron chi connectivity index (χ1n) is 5.75. The highest BCUT2D eigenvalue weighted by Gasteiger charge is 2.13. The van der Waals surface area contributed by atoms with E-state index < -0.39 is 0 Å². The van der Waals surface area contributed by atoms with Gasteiger partial charge in [-0.3, -0.25) is 0 Å². The zero-order valence-corrected chi connectivity index (χ0v) is 11.0. The van der Waals surface area contributed by atoms with Crippen LogP contribution in [0.5, 0.6) is 0 Å². The van der Waals surface area contributed by atoms with Crippen LogP contribution in [0.15, 0.2) is 18.2 Å². The molecule has 0 saturated carbocycles. The Labute approximate surface area is 103 Å². The van der Waals surface area contributed by atoms with Gasteiger partial charge in [0, 0.05) is 26.7 Å². The molecule has 0 heterocycles. The first-order valence-corrected chi connectivity index (χ1v) is 5.75. The highest BCUT2D eigenvalue weighted by Crippen LogP contribution is 2.21. The van der Waals surface area contributed by atoms with Crippen LogP contribution in [0, 0.1) is 5.82 Å². The number of nitrogens with zero attached hydrogens (tertiary/aromatic N) is 1. The number of benzene rings is 1. The van der Waals surface area contributed by atoms with Crippen molar-refractivity contribution < 1.29 is 9.13 Å². The van der Waals surface area contributed by atoms with E-state index in [4.69, 9.17) is 4.74 Å². The van der Waals surface area contributed by atoms with Gasteiger partial charge in [0.1, 0.15) is 5.82 Å². The zero-order valence-electron chi connectivity index (χ0n) is 11.0. The summed E-state index contributed by atoms with van der Waals surface area (Å²) in [5.74, 6) is -0.191. The van der Waals surface area contributed by atoms with Crippen molar-refractivity contribution >= 4 is 5.69 Å². The topological polar surface area (TPSA) is 24.5 Å². The molecule has 1 atom stereocenters. The van der Waals surface area contributed by atoms with Gasteiger partial charge in [-0.05, 0) is 31.7 Å². The fraction of sp³-hybridized carbons (Fsp3) is 0.538. The molecule has 4 heteroatoms. The molecule has 0 fully saturated rings. The monoisotopic (exact) mass is 240 g/mol. The third kappa shape index (κ3) is 3.68. The Hall–Kier alpha value is -1.13. The summed E-state index contributed by atoms with van der Waals surface area (Å²) >= 11 is 0. The number of nitrogens with one attached hydrogen (secondary N) is 1. The molecule has 1 unspecified atom stereocenters. The molecule has 0 amide bonds. The third-order valence-corrected chi connectivity index (χ3v) is 2.84. The van der Waals surface area contributed by atoms with E-state index in [0.29, 0.717) is 18.8 Å². The first kappa shape index (κ1) is 13.9. The molecule has 0 aromatic heterocycles. The van der Waals surface area contributed by atoms with Gasteiger partial charge in [-0.15, -0.1) is 0 Å². The summed E-state index contributed by atoms with van der Waals surface area (Å²) in [7, 11) is 5.37. The molecule has 0 aliphatic rings. The van der Waals surface area contributed by atoms with Crippen LogP contribution in [0.3, 0.4) is 0 Å². The van der Waals surface area contributed by atoms with Crippen molar-refractivity contribution in [3.05, 3.63) is 29.6 Å². The maximum absolute atomic E-state index is 13.9. The van der Waals surface area contributed by atoms with Gasteiger partial charge >= 0.3 is 0 Å². The summed E-state index contributed by atoms with van der Waals surface area (Å²) in [4.78, 5) is 1.89. The lowest BCUT2D eigenvalue weighted by atomic mass is 10.1. The molecule has 1 N–H and O–H groups in total. The lowest BCUT2D eigenvalue weighted by molar-refractivity contribution is 0.183. The van der Waals surface area contributed by atoms with Crippen molar-refractivity contribution in [2.24, 2.45) is 0 Å². The molecule has 0 aliphatic heterocycles. The summed E-state index contributed by atoms with van der Waals surface area (Å²) in [6, 6.07) is 5.46. The smallest absolute Gasteiger partial charge is 0.146 e. The van der Waals surface area contributed by atoms with E-state index in [9.17, 15) is 4.39 Å². The number of ether oxygens (including phenoxy) is 1. The molecule has 0 spiro atoms. The van der Waals surface area contributed by atoms with E-state index in [0.717, 1.165) is 5.56 Å². The maximum Gasteiger partial charge on any atom is 0.146 e. The SMILES string of the molecule is CNCc1ccc(N(C)C(C)COC)c(F)c1. The second kappa shape index (κ2) is 6.57. The van der Waals surface area contributed by atoms with Crippen molar-refractivity contribution in [1.82, 2.24) is 5.32 Å². The van der Waals surface area contributed by atoms with E-state index in [-0.39, 0.29) is 11.9 Å². The number of rotatable bonds is 6. The summed E-state index contributed by atoms with van der Waals surface area (Å²) < 4.78 is 19.0. The Morgan fingerprint density at radius 1 is 1.47 bits per heavy atom. The van der Waals surface area contributed by atoms with Crippen LogP contribution in [0.1, 0.15) is 12.5 Å². The van der Waals surface area contributed by atoms with Crippen LogP contribution >= 0.6 is 0 Å². The molecule has 1 aromatic carbocycles. The van der Waals surface area contributed by atoms with Crippen molar-refractivity contribution in [2.75, 3.05) is 32.7 Å². The molecule has 17 heavy (non-hydrogen) atoms. The van der Waals surface area contributed by atoms with Gasteiger partial charge in [-0.2, -0.15) is 0 Å². The highest BCUT2D eigenvalue weighted by atomic mass is 19.1. The van der Waals surface area contributed by atoms with Crippen LogP contribution in [0.4, 0.5) is 10.1 Å². The van der Waals surface area contributed by atoms with Crippen LogP contribution in [0.2, 0.25) is 0 Å². The number of hydrogen-bond acceptors (Lipinski definition) is 3. The number of hydrogen-bond donors (Lipinski definition) is 1. The van der Waals surface area contributed by atoms with Crippen molar-refractivity contribution in [3.8, 4) is 0 Å². The molecule has 0 bridgehead atoms. The quantitative estimate of drug-likeness (QED) is 0.823. The Balaban J connectivity index is 2.83. The molecular weight excluding hydrogens is 219 g/mol. The molecular formula is C13H21FN2O. The molecule has 1 rings (SSSR count). The third-order valence-electron chi connectivity index (χ3n) is 2.84. The van der Waals surface area contributed by atoms with E-state index in [1.165, 1.54) is 0 Å².